The predicted octanol–water partition coefficient (Wildman–Crippen LogP) is 3.03. The van der Waals surface area contributed by atoms with Crippen molar-refractivity contribution < 1.29 is 9.59 Å². The molecule has 148 valence electrons. The highest BCUT2D eigenvalue weighted by atomic mass is 16.2. The van der Waals surface area contributed by atoms with Gasteiger partial charge in [-0.3, -0.25) is 9.59 Å². The summed E-state index contributed by atoms with van der Waals surface area (Å²) in [5.74, 6) is -0.0442. The van der Waals surface area contributed by atoms with Crippen molar-refractivity contribution in [1.29, 1.82) is 0 Å². The van der Waals surface area contributed by atoms with Crippen LogP contribution in [-0.4, -0.2) is 39.3 Å². The number of aromatic nitrogens is 2. The summed E-state index contributed by atoms with van der Waals surface area (Å²) in [7, 11) is 0. The molecule has 3 atom stereocenters. The number of hydrogen-bond donors (Lipinski definition) is 2. The molecule has 5 rings (SSSR count). The molecule has 2 bridgehead atoms. The second kappa shape index (κ2) is 6.17. The summed E-state index contributed by atoms with van der Waals surface area (Å²) < 4.78 is 0. The number of imidazole rings is 1. The third-order valence-electron chi connectivity index (χ3n) is 7.22. The normalized spacial score (nSPS) is 25.7. The summed E-state index contributed by atoms with van der Waals surface area (Å²) in [6, 6.07) is 11.5. The standard InChI is InChI=1S/C23H24N4O2/c1-13-20-11-14-3-4-15(21(24)28)9-17(14)23(13,2)7-8-27(20)22(29)16-5-6-18-19(10-16)26-12-25-18/h3-6,9-10,12-13,20H,7-8,11H2,1-2H3,(H2,24,28)(H,25,26)/t13-,20-,23-/m1/s1. The molecule has 29 heavy (non-hydrogen) atoms. The Kier molecular flexibility index (Phi) is 3.81. The lowest BCUT2D eigenvalue weighted by atomic mass is 9.58. The largest absolute Gasteiger partial charge is 0.366 e. The fraction of sp³-hybridized carbons (Fsp3) is 0.348. The first kappa shape index (κ1) is 17.9. The van der Waals surface area contributed by atoms with Crippen molar-refractivity contribution in [2.45, 2.75) is 38.1 Å². The molecule has 6 heteroatoms. The second-order valence-corrected chi connectivity index (χ2v) is 8.60. The highest BCUT2D eigenvalue weighted by Gasteiger charge is 2.49. The third kappa shape index (κ3) is 2.58. The van der Waals surface area contributed by atoms with Gasteiger partial charge >= 0.3 is 0 Å². The molecule has 6 nitrogen and oxygen atoms in total. The van der Waals surface area contributed by atoms with Crippen LogP contribution in [-0.2, 0) is 11.8 Å². The number of piperidine rings is 1. The maximum Gasteiger partial charge on any atom is 0.254 e. The van der Waals surface area contributed by atoms with Gasteiger partial charge in [-0.05, 0) is 65.6 Å². The Morgan fingerprint density at radius 1 is 1.21 bits per heavy atom. The maximum absolute atomic E-state index is 13.4. The Labute approximate surface area is 169 Å². The highest BCUT2D eigenvalue weighted by Crippen LogP contribution is 2.49. The molecule has 2 amide bonds. The van der Waals surface area contributed by atoms with Crippen LogP contribution in [0.5, 0.6) is 0 Å². The van der Waals surface area contributed by atoms with Crippen LogP contribution in [0.3, 0.4) is 0 Å². The van der Waals surface area contributed by atoms with Gasteiger partial charge in [0.1, 0.15) is 0 Å². The summed E-state index contributed by atoms with van der Waals surface area (Å²) in [4.78, 5) is 34.4. The van der Waals surface area contributed by atoms with E-state index in [9.17, 15) is 9.59 Å². The van der Waals surface area contributed by atoms with Gasteiger partial charge in [-0.1, -0.05) is 19.9 Å². The van der Waals surface area contributed by atoms with Gasteiger partial charge in [0.25, 0.3) is 5.91 Å². The van der Waals surface area contributed by atoms with Gasteiger partial charge in [0.2, 0.25) is 5.91 Å². The van der Waals surface area contributed by atoms with E-state index < -0.39 is 5.91 Å². The number of carbonyl (C=O) groups excluding carboxylic acids is 2. The topological polar surface area (TPSA) is 92.1 Å². The minimum Gasteiger partial charge on any atom is -0.366 e. The van der Waals surface area contributed by atoms with Crippen LogP contribution in [0.4, 0.5) is 0 Å². The number of hydrogen-bond acceptors (Lipinski definition) is 3. The Hall–Kier alpha value is -3.15. The van der Waals surface area contributed by atoms with Crippen molar-refractivity contribution in [1.82, 2.24) is 14.9 Å². The molecule has 1 aliphatic carbocycles. The number of rotatable bonds is 2. The Bertz CT molecular complexity index is 1150. The van der Waals surface area contributed by atoms with E-state index in [1.807, 2.05) is 35.2 Å². The quantitative estimate of drug-likeness (QED) is 0.707. The van der Waals surface area contributed by atoms with E-state index >= 15 is 0 Å². The number of benzene rings is 2. The van der Waals surface area contributed by atoms with Gasteiger partial charge in [0, 0.05) is 23.7 Å². The number of nitrogens with two attached hydrogens (primary N) is 1. The Balaban J connectivity index is 1.51. The van der Waals surface area contributed by atoms with E-state index in [1.165, 1.54) is 11.1 Å². The average Bonchev–Trinajstić information content (AvgIpc) is 3.18. The van der Waals surface area contributed by atoms with E-state index in [0.29, 0.717) is 17.7 Å². The first-order valence-corrected chi connectivity index (χ1v) is 10.1. The van der Waals surface area contributed by atoms with E-state index in [-0.39, 0.29) is 23.3 Å². The van der Waals surface area contributed by atoms with E-state index in [4.69, 9.17) is 5.73 Å². The van der Waals surface area contributed by atoms with Crippen LogP contribution < -0.4 is 5.73 Å². The molecule has 1 fully saturated rings. The van der Waals surface area contributed by atoms with Crippen LogP contribution in [0.1, 0.15) is 52.1 Å². The lowest BCUT2D eigenvalue weighted by Crippen LogP contribution is -2.59. The van der Waals surface area contributed by atoms with E-state index in [1.54, 1.807) is 12.4 Å². The number of nitrogens with zero attached hydrogens (tertiary/aromatic N) is 2. The number of amides is 2. The minimum absolute atomic E-state index is 0.0672. The predicted molar refractivity (Wildman–Crippen MR) is 111 cm³/mol. The first-order valence-electron chi connectivity index (χ1n) is 10.1. The summed E-state index contributed by atoms with van der Waals surface area (Å²) in [6.07, 6.45) is 3.30. The zero-order valence-corrected chi connectivity index (χ0v) is 16.6. The molecule has 3 N–H and O–H groups in total. The smallest absolute Gasteiger partial charge is 0.254 e. The van der Waals surface area contributed by atoms with Crippen molar-refractivity contribution in [2.75, 3.05) is 6.54 Å². The maximum atomic E-state index is 13.4. The molecule has 0 spiro atoms. The number of fused-ring (bicyclic) bond motifs is 5. The van der Waals surface area contributed by atoms with Crippen LogP contribution >= 0.6 is 0 Å². The highest BCUT2D eigenvalue weighted by molar-refractivity contribution is 5.97. The molecular weight excluding hydrogens is 364 g/mol. The molecule has 1 aliphatic heterocycles. The summed E-state index contributed by atoms with van der Waals surface area (Å²) >= 11 is 0. The first-order chi connectivity index (χ1) is 13.9. The summed E-state index contributed by atoms with van der Waals surface area (Å²) in [5.41, 5.74) is 10.8. The van der Waals surface area contributed by atoms with E-state index in [2.05, 4.69) is 23.8 Å². The molecule has 0 unspecified atom stereocenters. The van der Waals surface area contributed by atoms with Crippen LogP contribution in [0, 0.1) is 5.92 Å². The molecule has 1 saturated heterocycles. The van der Waals surface area contributed by atoms with Crippen molar-refractivity contribution in [3.8, 4) is 0 Å². The van der Waals surface area contributed by atoms with Gasteiger partial charge in [0.05, 0.1) is 17.4 Å². The Morgan fingerprint density at radius 2 is 2.00 bits per heavy atom. The summed E-state index contributed by atoms with van der Waals surface area (Å²) in [6.45, 7) is 5.18. The molecule has 3 aromatic rings. The van der Waals surface area contributed by atoms with Crippen LogP contribution in [0.15, 0.2) is 42.7 Å². The number of likely N-dealkylation sites (tertiary alicyclic amines) is 1. The monoisotopic (exact) mass is 388 g/mol. The van der Waals surface area contributed by atoms with Gasteiger partial charge in [-0.25, -0.2) is 4.98 Å². The van der Waals surface area contributed by atoms with Crippen LogP contribution in [0.25, 0.3) is 11.0 Å². The SMILES string of the molecule is C[C@@H]1[C@H]2Cc3ccc(C(N)=O)cc3[C@]1(C)CCN2C(=O)c1ccc2nc[nH]c2c1. The van der Waals surface area contributed by atoms with Gasteiger partial charge in [-0.2, -0.15) is 0 Å². The van der Waals surface area contributed by atoms with Gasteiger partial charge in [-0.15, -0.1) is 0 Å². The average molecular weight is 388 g/mol. The van der Waals surface area contributed by atoms with Crippen LogP contribution in [0.2, 0.25) is 0 Å². The molecular formula is C23H24N4O2. The summed E-state index contributed by atoms with van der Waals surface area (Å²) in [5, 5.41) is 0. The number of carbonyl (C=O) groups is 2. The third-order valence-corrected chi connectivity index (χ3v) is 7.22. The lowest BCUT2D eigenvalue weighted by Gasteiger charge is -2.54. The number of H-pyrrole nitrogens is 1. The van der Waals surface area contributed by atoms with Crippen molar-refractivity contribution in [3.05, 3.63) is 65.0 Å². The molecule has 2 aliphatic rings. The van der Waals surface area contributed by atoms with Gasteiger partial charge < -0.3 is 15.6 Å². The van der Waals surface area contributed by atoms with Crippen molar-refractivity contribution in [3.63, 3.8) is 0 Å². The minimum atomic E-state index is -0.395. The van der Waals surface area contributed by atoms with Crippen molar-refractivity contribution >= 4 is 22.8 Å². The van der Waals surface area contributed by atoms with E-state index in [0.717, 1.165) is 23.9 Å². The molecule has 0 saturated carbocycles. The Morgan fingerprint density at radius 3 is 2.79 bits per heavy atom. The second-order valence-electron chi connectivity index (χ2n) is 8.60. The fourth-order valence-electron chi connectivity index (χ4n) is 5.26. The molecule has 2 heterocycles. The molecule has 0 radical (unpaired) electrons. The number of primary amides is 1. The molecule has 1 aromatic heterocycles. The van der Waals surface area contributed by atoms with Gasteiger partial charge in [0.15, 0.2) is 0 Å². The fourth-order valence-corrected chi connectivity index (χ4v) is 5.26. The number of aromatic amines is 1. The number of nitrogens with one attached hydrogen (secondary N) is 1. The van der Waals surface area contributed by atoms with Crippen molar-refractivity contribution in [2.24, 2.45) is 11.7 Å². The zero-order valence-electron chi connectivity index (χ0n) is 16.6. The zero-order chi connectivity index (χ0) is 20.3. The lowest BCUT2D eigenvalue weighted by molar-refractivity contribution is 0.0250. The molecule has 2 aromatic carbocycles.